The molecule has 0 amide bonds. The van der Waals surface area contributed by atoms with Crippen molar-refractivity contribution in [1.29, 1.82) is 0 Å². The van der Waals surface area contributed by atoms with Crippen LogP contribution in [0.1, 0.15) is 27.2 Å². The molecule has 21 heavy (non-hydrogen) atoms. The highest BCUT2D eigenvalue weighted by Gasteiger charge is 2.30. The lowest BCUT2D eigenvalue weighted by Gasteiger charge is -2.13. The van der Waals surface area contributed by atoms with E-state index < -0.39 is 7.80 Å². The lowest BCUT2D eigenvalue weighted by Crippen LogP contribution is -2.22. The molecule has 5 heteroatoms. The van der Waals surface area contributed by atoms with Gasteiger partial charge in [-0.3, -0.25) is 4.79 Å². The number of thioether (sulfide) groups is 1. The number of carbonyl (C=O) groups is 1. The monoisotopic (exact) mass is 327 g/mol. The van der Waals surface area contributed by atoms with E-state index in [1.54, 1.807) is 18.7 Å². The van der Waals surface area contributed by atoms with Crippen LogP contribution in [-0.2, 0) is 14.1 Å². The zero-order valence-corrected chi connectivity index (χ0v) is 14.7. The molecule has 1 rings (SSSR count). The summed E-state index contributed by atoms with van der Waals surface area (Å²) < 4.78 is 17.3. The van der Waals surface area contributed by atoms with Gasteiger partial charge in [-0.2, -0.15) is 0 Å². The highest BCUT2D eigenvalue weighted by atomic mass is 32.2. The predicted octanol–water partition coefficient (Wildman–Crippen LogP) is 4.79. The van der Waals surface area contributed by atoms with Crippen molar-refractivity contribution in [3.8, 4) is 0 Å². The molecule has 0 bridgehead atoms. The Morgan fingerprint density at radius 2 is 1.95 bits per heavy atom. The van der Waals surface area contributed by atoms with Crippen LogP contribution in [-0.4, -0.2) is 24.2 Å². The van der Waals surface area contributed by atoms with Gasteiger partial charge >= 0.3 is 13.8 Å². The second kappa shape index (κ2) is 9.97. The summed E-state index contributed by atoms with van der Waals surface area (Å²) in [5, 5.41) is 0. The number of hydrogen-bond donors (Lipinski definition) is 0. The Kier molecular flexibility index (Phi) is 8.63. The average Bonchev–Trinajstić information content (AvgIpc) is 2.45. The first kappa shape index (κ1) is 18.2. The predicted molar refractivity (Wildman–Crippen MR) is 89.2 cm³/mol. The Morgan fingerprint density at radius 3 is 2.52 bits per heavy atom. The van der Waals surface area contributed by atoms with E-state index in [1.165, 1.54) is 0 Å². The lowest BCUT2D eigenvalue weighted by molar-refractivity contribution is -0.147. The van der Waals surface area contributed by atoms with Gasteiger partial charge in [-0.1, -0.05) is 48.4 Å². The van der Waals surface area contributed by atoms with Crippen LogP contribution in [0.3, 0.4) is 0 Å². The van der Waals surface area contributed by atoms with Gasteiger partial charge < -0.3 is 4.74 Å². The molecule has 0 heterocycles. The maximum absolute atomic E-state index is 12.2. The normalized spacial score (nSPS) is 13.0. The summed E-state index contributed by atoms with van der Waals surface area (Å²) in [6, 6.07) is 9.91. The summed E-state index contributed by atoms with van der Waals surface area (Å²) in [6.07, 6.45) is 1.15. The van der Waals surface area contributed by atoms with E-state index in [1.807, 2.05) is 30.3 Å². The van der Waals surface area contributed by atoms with Crippen molar-refractivity contribution >= 4 is 25.5 Å². The molecule has 0 spiro atoms. The van der Waals surface area contributed by atoms with Gasteiger partial charge in [0.1, 0.15) is 5.92 Å². The third-order valence-electron chi connectivity index (χ3n) is 2.92. The van der Waals surface area contributed by atoms with Crippen LogP contribution in [0.2, 0.25) is 0 Å². The van der Waals surface area contributed by atoms with Crippen molar-refractivity contribution in [3.05, 3.63) is 30.3 Å². The van der Waals surface area contributed by atoms with Gasteiger partial charge in [-0.25, -0.2) is 0 Å². The van der Waals surface area contributed by atoms with Crippen molar-refractivity contribution in [2.45, 2.75) is 32.1 Å². The molecule has 0 aromatic heterocycles. The molecule has 3 nitrogen and oxygen atoms in total. The molecular weight excluding hydrogens is 303 g/mol. The van der Waals surface area contributed by atoms with E-state index in [0.29, 0.717) is 24.2 Å². The van der Waals surface area contributed by atoms with Crippen LogP contribution in [0.4, 0.5) is 0 Å². The van der Waals surface area contributed by atoms with E-state index in [9.17, 15) is 9.36 Å². The third kappa shape index (κ3) is 7.63. The number of benzene rings is 1. The topological polar surface area (TPSA) is 43.4 Å². The minimum atomic E-state index is -1.41. The minimum Gasteiger partial charge on any atom is -0.466 e. The Bertz CT molecular complexity index is 448. The molecule has 0 radical (unpaired) electrons. The Hall–Kier alpha value is -0.860. The Labute approximate surface area is 132 Å². The van der Waals surface area contributed by atoms with Crippen LogP contribution in [0.25, 0.3) is 0 Å². The summed E-state index contributed by atoms with van der Waals surface area (Å²) in [6.45, 7) is 6.31. The molecule has 0 aliphatic heterocycles. The first-order chi connectivity index (χ1) is 10.0. The molecular formula is C16H24O3PS+. The van der Waals surface area contributed by atoms with Crippen LogP contribution in [0.5, 0.6) is 0 Å². The molecule has 0 fully saturated rings. The first-order valence-corrected chi connectivity index (χ1v) is 9.91. The lowest BCUT2D eigenvalue weighted by atomic mass is 9.99. The maximum atomic E-state index is 12.2. The van der Waals surface area contributed by atoms with E-state index in [-0.39, 0.29) is 11.9 Å². The quantitative estimate of drug-likeness (QED) is 0.371. The minimum absolute atomic E-state index is 0.209. The molecule has 0 aliphatic rings. The number of esters is 1. The second-order valence-electron chi connectivity index (χ2n) is 5.33. The van der Waals surface area contributed by atoms with Gasteiger partial charge in [0.05, 0.1) is 6.61 Å². The zero-order valence-electron chi connectivity index (χ0n) is 13.0. The summed E-state index contributed by atoms with van der Waals surface area (Å²) in [5.41, 5.74) is 0.549. The van der Waals surface area contributed by atoms with Crippen molar-refractivity contribution < 1.29 is 14.1 Å². The standard InChI is InChI=1S/C16H24O3PS/c1-4-19-16(17)14(10-13(2)3)11-20(18)12-21-15-8-6-5-7-9-15/h5-9,13-14H,4,10-12H2,1-3H3/q+1. The second-order valence-corrected chi connectivity index (χ2v) is 8.45. The van der Waals surface area contributed by atoms with Crippen LogP contribution in [0, 0.1) is 11.8 Å². The third-order valence-corrected chi connectivity index (χ3v) is 6.04. The molecule has 1 aromatic rings. The van der Waals surface area contributed by atoms with Crippen LogP contribution in [0.15, 0.2) is 35.2 Å². The number of ether oxygens (including phenoxy) is 1. The average molecular weight is 327 g/mol. The van der Waals surface area contributed by atoms with Crippen molar-refractivity contribution in [1.82, 2.24) is 0 Å². The number of hydrogen-bond acceptors (Lipinski definition) is 4. The maximum Gasteiger partial charge on any atom is 0.350 e. The molecule has 116 valence electrons. The number of rotatable bonds is 9. The van der Waals surface area contributed by atoms with E-state index >= 15 is 0 Å². The molecule has 1 aromatic carbocycles. The van der Waals surface area contributed by atoms with Gasteiger partial charge in [0, 0.05) is 4.90 Å². The fourth-order valence-electron chi connectivity index (χ4n) is 2.04. The van der Waals surface area contributed by atoms with Gasteiger partial charge in [-0.15, -0.1) is 0 Å². The summed E-state index contributed by atoms with van der Waals surface area (Å²) in [5.74, 6) is -0.0613. The zero-order chi connectivity index (χ0) is 15.7. The van der Waals surface area contributed by atoms with Crippen LogP contribution >= 0.6 is 19.6 Å². The van der Waals surface area contributed by atoms with Crippen molar-refractivity contribution in [2.24, 2.45) is 11.8 Å². The van der Waals surface area contributed by atoms with Gasteiger partial charge in [0.2, 0.25) is 0 Å². The SMILES string of the molecule is CCOC(=O)C(CC(C)C)C[P+](=O)CSc1ccccc1. The Morgan fingerprint density at radius 1 is 1.29 bits per heavy atom. The van der Waals surface area contributed by atoms with E-state index in [4.69, 9.17) is 4.74 Å². The molecule has 0 N–H and O–H groups in total. The molecule has 0 saturated carbocycles. The van der Waals surface area contributed by atoms with Gasteiger partial charge in [-0.05, 0) is 31.4 Å². The van der Waals surface area contributed by atoms with Gasteiger partial charge in [0.15, 0.2) is 11.7 Å². The molecule has 2 unspecified atom stereocenters. The summed E-state index contributed by atoms with van der Waals surface area (Å²) in [7, 11) is -1.41. The molecule has 0 aliphatic carbocycles. The first-order valence-electron chi connectivity index (χ1n) is 7.29. The molecule has 2 atom stereocenters. The van der Waals surface area contributed by atoms with E-state index in [0.717, 1.165) is 11.3 Å². The Balaban J connectivity index is 2.49. The van der Waals surface area contributed by atoms with Gasteiger partial charge in [0.25, 0.3) is 0 Å². The number of carbonyl (C=O) groups excluding carboxylic acids is 1. The van der Waals surface area contributed by atoms with Crippen LogP contribution < -0.4 is 0 Å². The highest BCUT2D eigenvalue weighted by molar-refractivity contribution is 8.03. The fraction of sp³-hybridized carbons (Fsp3) is 0.562. The fourth-order valence-corrected chi connectivity index (χ4v) is 4.77. The summed E-state index contributed by atoms with van der Waals surface area (Å²) in [4.78, 5) is 13.0. The van der Waals surface area contributed by atoms with E-state index in [2.05, 4.69) is 13.8 Å². The van der Waals surface area contributed by atoms with Crippen molar-refractivity contribution in [3.63, 3.8) is 0 Å². The smallest absolute Gasteiger partial charge is 0.350 e. The summed E-state index contributed by atoms with van der Waals surface area (Å²) >= 11 is 1.58. The largest absolute Gasteiger partial charge is 0.466 e. The molecule has 0 saturated heterocycles. The highest BCUT2D eigenvalue weighted by Crippen LogP contribution is 2.34. The van der Waals surface area contributed by atoms with Crippen molar-refractivity contribution in [2.75, 3.05) is 18.3 Å².